The zero-order valence-corrected chi connectivity index (χ0v) is 16.6. The van der Waals surface area contributed by atoms with Crippen molar-refractivity contribution in [1.82, 2.24) is 10.1 Å². The number of aromatic nitrogens is 2. The number of carbonyl (C=O) groups is 1. The van der Waals surface area contributed by atoms with Gasteiger partial charge in [-0.1, -0.05) is 28.9 Å². The summed E-state index contributed by atoms with van der Waals surface area (Å²) in [7, 11) is 1.60. The van der Waals surface area contributed by atoms with Gasteiger partial charge >= 0.3 is 0 Å². The molecule has 1 N–H and O–H groups in total. The number of fused-ring (bicyclic) bond motifs is 1. The lowest BCUT2D eigenvalue weighted by molar-refractivity contribution is -0.116. The number of methoxy groups -OCH3 is 1. The third-order valence-electron chi connectivity index (χ3n) is 4.34. The molecule has 0 fully saturated rings. The SMILES string of the molecule is COc1cccc(-c2noc(CCC(=O)Nc3cc(Cl)c4oc(C)cc4c3)n2)c1. The summed E-state index contributed by atoms with van der Waals surface area (Å²) in [5.41, 5.74) is 2.00. The molecule has 2 heterocycles. The van der Waals surface area contributed by atoms with E-state index in [1.54, 1.807) is 13.2 Å². The maximum absolute atomic E-state index is 12.3. The number of nitrogens with zero attached hydrogens (tertiary/aromatic N) is 2. The van der Waals surface area contributed by atoms with Gasteiger partial charge in [0.25, 0.3) is 0 Å². The van der Waals surface area contributed by atoms with Crippen LogP contribution in [0.25, 0.3) is 22.4 Å². The van der Waals surface area contributed by atoms with Crippen molar-refractivity contribution in [2.24, 2.45) is 0 Å². The molecule has 0 spiro atoms. The molecule has 0 unspecified atom stereocenters. The van der Waals surface area contributed by atoms with Gasteiger partial charge in [-0.25, -0.2) is 0 Å². The predicted molar refractivity (Wildman–Crippen MR) is 109 cm³/mol. The van der Waals surface area contributed by atoms with Crippen LogP contribution in [-0.2, 0) is 11.2 Å². The fraction of sp³-hybridized carbons (Fsp3) is 0.190. The number of amides is 1. The van der Waals surface area contributed by atoms with E-state index in [0.717, 1.165) is 16.7 Å². The summed E-state index contributed by atoms with van der Waals surface area (Å²) >= 11 is 6.23. The van der Waals surface area contributed by atoms with Crippen molar-refractivity contribution >= 4 is 34.2 Å². The Morgan fingerprint density at radius 2 is 2.10 bits per heavy atom. The van der Waals surface area contributed by atoms with E-state index in [1.165, 1.54) is 0 Å². The maximum Gasteiger partial charge on any atom is 0.227 e. The number of aryl methyl sites for hydroxylation is 2. The number of hydrogen-bond acceptors (Lipinski definition) is 6. The molecule has 148 valence electrons. The first-order valence-electron chi connectivity index (χ1n) is 8.98. The predicted octanol–water partition coefficient (Wildman–Crippen LogP) is 5.02. The highest BCUT2D eigenvalue weighted by Crippen LogP contribution is 2.30. The van der Waals surface area contributed by atoms with Gasteiger partial charge in [0.2, 0.25) is 17.6 Å². The minimum Gasteiger partial charge on any atom is -0.497 e. The third kappa shape index (κ3) is 4.25. The average molecular weight is 412 g/mol. The topological polar surface area (TPSA) is 90.4 Å². The monoisotopic (exact) mass is 411 g/mol. The summed E-state index contributed by atoms with van der Waals surface area (Å²) in [6.07, 6.45) is 0.517. The summed E-state index contributed by atoms with van der Waals surface area (Å²) in [5, 5.41) is 8.09. The molecule has 1 amide bonds. The number of furan rings is 1. The van der Waals surface area contributed by atoms with E-state index in [-0.39, 0.29) is 12.3 Å². The minimum atomic E-state index is -0.179. The van der Waals surface area contributed by atoms with Crippen LogP contribution in [0.15, 0.2) is 51.4 Å². The Labute approximate surface area is 171 Å². The molecule has 4 aromatic rings. The van der Waals surface area contributed by atoms with Crippen molar-refractivity contribution in [1.29, 1.82) is 0 Å². The van der Waals surface area contributed by atoms with E-state index in [4.69, 9.17) is 25.3 Å². The molecule has 0 radical (unpaired) electrons. The van der Waals surface area contributed by atoms with E-state index in [2.05, 4.69) is 15.5 Å². The van der Waals surface area contributed by atoms with Gasteiger partial charge in [-0.15, -0.1) is 0 Å². The smallest absolute Gasteiger partial charge is 0.227 e. The average Bonchev–Trinajstić information content (AvgIpc) is 3.33. The first-order chi connectivity index (χ1) is 14.0. The lowest BCUT2D eigenvalue weighted by Gasteiger charge is -2.05. The molecule has 7 nitrogen and oxygen atoms in total. The minimum absolute atomic E-state index is 0.179. The molecule has 2 aromatic carbocycles. The Bertz CT molecular complexity index is 1180. The quantitative estimate of drug-likeness (QED) is 0.478. The second kappa shape index (κ2) is 7.97. The molecule has 2 aromatic heterocycles. The van der Waals surface area contributed by atoms with Crippen LogP contribution in [0.1, 0.15) is 18.1 Å². The molecule has 0 saturated heterocycles. The molecule has 0 bridgehead atoms. The number of rotatable bonds is 6. The van der Waals surface area contributed by atoms with Crippen LogP contribution in [0.3, 0.4) is 0 Å². The highest BCUT2D eigenvalue weighted by atomic mass is 35.5. The molecule has 29 heavy (non-hydrogen) atoms. The maximum atomic E-state index is 12.3. The number of hydrogen-bond donors (Lipinski definition) is 1. The van der Waals surface area contributed by atoms with E-state index < -0.39 is 0 Å². The van der Waals surface area contributed by atoms with Crippen LogP contribution in [0.5, 0.6) is 5.75 Å². The summed E-state index contributed by atoms with van der Waals surface area (Å²) in [6, 6.07) is 12.7. The van der Waals surface area contributed by atoms with Crippen molar-refractivity contribution in [3.8, 4) is 17.1 Å². The number of benzene rings is 2. The molecule has 0 aliphatic rings. The Morgan fingerprint density at radius 3 is 2.93 bits per heavy atom. The lowest BCUT2D eigenvalue weighted by atomic mass is 10.2. The zero-order chi connectivity index (χ0) is 20.4. The first kappa shape index (κ1) is 19.0. The molecule has 0 aliphatic heterocycles. The zero-order valence-electron chi connectivity index (χ0n) is 15.9. The van der Waals surface area contributed by atoms with Gasteiger partial charge in [-0.3, -0.25) is 4.79 Å². The van der Waals surface area contributed by atoms with Gasteiger partial charge in [0, 0.05) is 29.5 Å². The Morgan fingerprint density at radius 1 is 1.24 bits per heavy atom. The number of ether oxygens (including phenoxy) is 1. The number of anilines is 1. The molecule has 0 saturated carbocycles. The van der Waals surface area contributed by atoms with Crippen molar-refractivity contribution in [3.05, 3.63) is 59.1 Å². The number of nitrogens with one attached hydrogen (secondary N) is 1. The molecule has 4 rings (SSSR count). The summed E-state index contributed by atoms with van der Waals surface area (Å²) in [6.45, 7) is 1.85. The largest absolute Gasteiger partial charge is 0.497 e. The van der Waals surface area contributed by atoms with Gasteiger partial charge in [-0.05, 0) is 37.3 Å². The number of carbonyl (C=O) groups excluding carboxylic acids is 1. The van der Waals surface area contributed by atoms with Gasteiger partial charge < -0.3 is 19.0 Å². The normalized spacial score (nSPS) is 11.0. The summed E-state index contributed by atoms with van der Waals surface area (Å²) < 4.78 is 16.0. The van der Waals surface area contributed by atoms with Crippen molar-refractivity contribution < 1.29 is 18.5 Å². The lowest BCUT2D eigenvalue weighted by Crippen LogP contribution is -2.12. The Balaban J connectivity index is 1.39. The molecule has 8 heteroatoms. The van der Waals surface area contributed by atoms with Crippen molar-refractivity contribution in [2.75, 3.05) is 12.4 Å². The first-order valence-corrected chi connectivity index (χ1v) is 9.36. The van der Waals surface area contributed by atoms with Crippen LogP contribution in [0, 0.1) is 6.92 Å². The second-order valence-electron chi connectivity index (χ2n) is 6.53. The molecule has 0 atom stereocenters. The molecule has 0 aliphatic carbocycles. The van der Waals surface area contributed by atoms with Crippen LogP contribution in [0.4, 0.5) is 5.69 Å². The van der Waals surface area contributed by atoms with Gasteiger partial charge in [0.05, 0.1) is 12.1 Å². The van der Waals surface area contributed by atoms with Crippen LogP contribution >= 0.6 is 11.6 Å². The highest BCUT2D eigenvalue weighted by Gasteiger charge is 2.13. The van der Waals surface area contributed by atoms with E-state index in [9.17, 15) is 4.79 Å². The Hall–Kier alpha value is -3.32. The second-order valence-corrected chi connectivity index (χ2v) is 6.93. The van der Waals surface area contributed by atoms with E-state index >= 15 is 0 Å². The molecular formula is C21H18ClN3O4. The highest BCUT2D eigenvalue weighted by molar-refractivity contribution is 6.35. The standard InChI is InChI=1S/C21H18ClN3O4/c1-12-8-14-9-15(11-17(22)20(14)28-12)23-18(26)6-7-19-24-21(25-29-19)13-4-3-5-16(10-13)27-2/h3-5,8-11H,6-7H2,1-2H3,(H,23,26). The van der Waals surface area contributed by atoms with Gasteiger partial charge in [0.1, 0.15) is 11.5 Å². The summed E-state index contributed by atoms with van der Waals surface area (Å²) in [4.78, 5) is 16.7. The number of halogens is 1. The van der Waals surface area contributed by atoms with E-state index in [0.29, 0.717) is 40.2 Å². The Kier molecular flexibility index (Phi) is 5.22. The third-order valence-corrected chi connectivity index (χ3v) is 4.62. The fourth-order valence-electron chi connectivity index (χ4n) is 2.99. The molecular weight excluding hydrogens is 394 g/mol. The van der Waals surface area contributed by atoms with Crippen molar-refractivity contribution in [3.63, 3.8) is 0 Å². The van der Waals surface area contributed by atoms with Crippen LogP contribution < -0.4 is 10.1 Å². The van der Waals surface area contributed by atoms with Gasteiger partial charge in [-0.2, -0.15) is 4.98 Å². The fourth-order valence-corrected chi connectivity index (χ4v) is 3.26. The van der Waals surface area contributed by atoms with Crippen LogP contribution in [0.2, 0.25) is 5.02 Å². The summed E-state index contributed by atoms with van der Waals surface area (Å²) in [5.74, 6) is 2.12. The van der Waals surface area contributed by atoms with E-state index in [1.807, 2.05) is 43.3 Å². The van der Waals surface area contributed by atoms with Crippen LogP contribution in [-0.4, -0.2) is 23.2 Å². The van der Waals surface area contributed by atoms with Gasteiger partial charge in [0.15, 0.2) is 5.58 Å². The van der Waals surface area contributed by atoms with Crippen molar-refractivity contribution in [2.45, 2.75) is 19.8 Å².